The molecule has 6 nitrogen and oxygen atoms in total. The van der Waals surface area contributed by atoms with Gasteiger partial charge in [0.25, 0.3) is 0 Å². The number of nitrogens with one attached hydrogen (secondary N) is 1. The van der Waals surface area contributed by atoms with Crippen molar-refractivity contribution in [3.8, 4) is 11.3 Å². The van der Waals surface area contributed by atoms with E-state index in [0.717, 1.165) is 0 Å². The van der Waals surface area contributed by atoms with Gasteiger partial charge in [-0.3, -0.25) is 0 Å². The third-order valence-electron chi connectivity index (χ3n) is 3.59. The number of aromatic nitrogens is 1. The second-order valence-electron chi connectivity index (χ2n) is 5.09. The van der Waals surface area contributed by atoms with Crippen molar-refractivity contribution in [1.29, 1.82) is 0 Å². The SMILES string of the molecule is Cc1onc(-c2c(F)cccc2Cl)c1NC(=O)N1CCOCC1. The van der Waals surface area contributed by atoms with E-state index in [0.29, 0.717) is 37.8 Å². The largest absolute Gasteiger partial charge is 0.378 e. The molecule has 23 heavy (non-hydrogen) atoms. The van der Waals surface area contributed by atoms with E-state index < -0.39 is 5.82 Å². The molecule has 122 valence electrons. The average molecular weight is 340 g/mol. The van der Waals surface area contributed by atoms with Crippen LogP contribution in [-0.2, 0) is 4.74 Å². The summed E-state index contributed by atoms with van der Waals surface area (Å²) in [5.41, 5.74) is 0.587. The molecule has 1 aliphatic heterocycles. The van der Waals surface area contributed by atoms with E-state index in [1.54, 1.807) is 17.9 Å². The molecule has 0 spiro atoms. The predicted molar refractivity (Wildman–Crippen MR) is 83.1 cm³/mol. The van der Waals surface area contributed by atoms with Crippen molar-refractivity contribution in [1.82, 2.24) is 10.1 Å². The van der Waals surface area contributed by atoms with Crippen molar-refractivity contribution in [2.45, 2.75) is 6.92 Å². The molecule has 1 aromatic heterocycles. The Bertz CT molecular complexity index is 709. The van der Waals surface area contributed by atoms with Crippen molar-refractivity contribution >= 4 is 23.3 Å². The van der Waals surface area contributed by atoms with Gasteiger partial charge in [-0.1, -0.05) is 22.8 Å². The predicted octanol–water partition coefficient (Wildman–Crippen LogP) is 3.31. The summed E-state index contributed by atoms with van der Waals surface area (Å²) in [6, 6.07) is 4.02. The van der Waals surface area contributed by atoms with Crippen LogP contribution in [0.25, 0.3) is 11.3 Å². The van der Waals surface area contributed by atoms with Gasteiger partial charge >= 0.3 is 6.03 Å². The van der Waals surface area contributed by atoms with Gasteiger partial charge in [0, 0.05) is 13.1 Å². The summed E-state index contributed by atoms with van der Waals surface area (Å²) >= 11 is 6.07. The number of benzene rings is 1. The van der Waals surface area contributed by atoms with E-state index in [1.165, 1.54) is 12.1 Å². The number of carbonyl (C=O) groups excluding carboxylic acids is 1. The van der Waals surface area contributed by atoms with Crippen LogP contribution in [0.5, 0.6) is 0 Å². The first-order chi connectivity index (χ1) is 11.1. The lowest BCUT2D eigenvalue weighted by Gasteiger charge is -2.26. The number of halogens is 2. The number of anilines is 1. The van der Waals surface area contributed by atoms with Crippen molar-refractivity contribution in [3.63, 3.8) is 0 Å². The molecular weight excluding hydrogens is 325 g/mol. The first-order valence-electron chi connectivity index (χ1n) is 7.12. The summed E-state index contributed by atoms with van der Waals surface area (Å²) in [7, 11) is 0. The smallest absolute Gasteiger partial charge is 0.322 e. The summed E-state index contributed by atoms with van der Waals surface area (Å²) in [6.45, 7) is 3.60. The first kappa shape index (κ1) is 15.8. The van der Waals surface area contributed by atoms with Crippen LogP contribution in [0, 0.1) is 12.7 Å². The lowest BCUT2D eigenvalue weighted by Crippen LogP contribution is -2.43. The van der Waals surface area contributed by atoms with Gasteiger partial charge in [0.2, 0.25) is 0 Å². The second-order valence-corrected chi connectivity index (χ2v) is 5.50. The van der Waals surface area contributed by atoms with E-state index >= 15 is 0 Å². The minimum absolute atomic E-state index is 0.100. The highest BCUT2D eigenvalue weighted by molar-refractivity contribution is 6.33. The van der Waals surface area contributed by atoms with Gasteiger partial charge in [-0.25, -0.2) is 9.18 Å². The molecule has 8 heteroatoms. The molecule has 0 bridgehead atoms. The van der Waals surface area contributed by atoms with E-state index in [1.807, 2.05) is 0 Å². The lowest BCUT2D eigenvalue weighted by atomic mass is 10.1. The first-order valence-corrected chi connectivity index (χ1v) is 7.50. The fraction of sp³-hybridized carbons (Fsp3) is 0.333. The molecule has 0 atom stereocenters. The quantitative estimate of drug-likeness (QED) is 0.911. The number of amides is 2. The molecule has 0 radical (unpaired) electrons. The van der Waals surface area contributed by atoms with Gasteiger partial charge in [0.15, 0.2) is 5.76 Å². The number of hydrogen-bond donors (Lipinski definition) is 1. The molecule has 0 unspecified atom stereocenters. The topological polar surface area (TPSA) is 67.6 Å². The summed E-state index contributed by atoms with van der Waals surface area (Å²) in [6.07, 6.45) is 0. The Morgan fingerprint density at radius 2 is 2.13 bits per heavy atom. The molecule has 1 aromatic carbocycles. The molecule has 2 amide bonds. The number of rotatable bonds is 2. The van der Waals surface area contributed by atoms with Gasteiger partial charge in [0.05, 0.1) is 23.8 Å². The maximum atomic E-state index is 14.1. The fourth-order valence-electron chi connectivity index (χ4n) is 2.37. The Kier molecular flexibility index (Phi) is 4.49. The van der Waals surface area contributed by atoms with Crippen molar-refractivity contribution in [3.05, 3.63) is 34.8 Å². The Morgan fingerprint density at radius 3 is 2.83 bits per heavy atom. The van der Waals surface area contributed by atoms with Crippen LogP contribution in [0.15, 0.2) is 22.7 Å². The van der Waals surface area contributed by atoms with Crippen molar-refractivity contribution < 1.29 is 18.4 Å². The highest BCUT2D eigenvalue weighted by Gasteiger charge is 2.24. The Balaban J connectivity index is 1.91. The summed E-state index contributed by atoms with van der Waals surface area (Å²) < 4.78 is 24.4. The van der Waals surface area contributed by atoms with Crippen LogP contribution < -0.4 is 5.32 Å². The molecule has 0 aliphatic carbocycles. The Morgan fingerprint density at radius 1 is 1.39 bits per heavy atom. The van der Waals surface area contributed by atoms with E-state index in [9.17, 15) is 9.18 Å². The van der Waals surface area contributed by atoms with Crippen molar-refractivity contribution in [2.24, 2.45) is 0 Å². The van der Waals surface area contributed by atoms with E-state index in [4.69, 9.17) is 20.9 Å². The van der Waals surface area contributed by atoms with Crippen molar-refractivity contribution in [2.75, 3.05) is 31.6 Å². The van der Waals surface area contributed by atoms with E-state index in [2.05, 4.69) is 10.5 Å². The third-order valence-corrected chi connectivity index (χ3v) is 3.91. The summed E-state index contributed by atoms with van der Waals surface area (Å²) in [5, 5.41) is 6.77. The maximum Gasteiger partial charge on any atom is 0.322 e. The van der Waals surface area contributed by atoms with Crippen LogP contribution >= 0.6 is 11.6 Å². The van der Waals surface area contributed by atoms with Gasteiger partial charge in [0.1, 0.15) is 17.2 Å². The van der Waals surface area contributed by atoms with Gasteiger partial charge < -0.3 is 19.5 Å². The number of ether oxygens (including phenoxy) is 1. The van der Waals surface area contributed by atoms with Gasteiger partial charge in [-0.2, -0.15) is 0 Å². The second kappa shape index (κ2) is 6.55. The molecule has 0 saturated carbocycles. The van der Waals surface area contributed by atoms with E-state index in [-0.39, 0.29) is 22.3 Å². The molecule has 3 rings (SSSR count). The molecular formula is C15H15ClFN3O3. The normalized spacial score (nSPS) is 14.8. The molecule has 2 heterocycles. The van der Waals surface area contributed by atoms with Crippen LogP contribution in [0.2, 0.25) is 5.02 Å². The van der Waals surface area contributed by atoms with Crippen LogP contribution in [0.4, 0.5) is 14.9 Å². The van der Waals surface area contributed by atoms with Gasteiger partial charge in [-0.15, -0.1) is 0 Å². The Hall–Kier alpha value is -2.12. The molecule has 2 aromatic rings. The van der Waals surface area contributed by atoms with Crippen LogP contribution in [-0.4, -0.2) is 42.4 Å². The Labute approximate surface area is 137 Å². The number of urea groups is 1. The highest BCUT2D eigenvalue weighted by Crippen LogP contribution is 2.36. The number of aryl methyl sites for hydroxylation is 1. The zero-order valence-electron chi connectivity index (χ0n) is 12.4. The molecule has 1 aliphatic rings. The monoisotopic (exact) mass is 339 g/mol. The van der Waals surface area contributed by atoms with Crippen LogP contribution in [0.1, 0.15) is 5.76 Å². The standard InChI is InChI=1S/C15H15ClFN3O3/c1-9-13(18-15(21)20-5-7-22-8-6-20)14(19-23-9)12-10(16)3-2-4-11(12)17/h2-4H,5-8H2,1H3,(H,18,21). The van der Waals surface area contributed by atoms with Gasteiger partial charge in [-0.05, 0) is 19.1 Å². The minimum Gasteiger partial charge on any atom is -0.378 e. The molecule has 1 saturated heterocycles. The average Bonchev–Trinajstić information content (AvgIpc) is 2.89. The number of nitrogens with zero attached hydrogens (tertiary/aromatic N) is 2. The summed E-state index contributed by atoms with van der Waals surface area (Å²) in [5.74, 6) is -0.159. The number of hydrogen-bond acceptors (Lipinski definition) is 4. The number of carbonyl (C=O) groups is 1. The highest BCUT2D eigenvalue weighted by atomic mass is 35.5. The van der Waals surface area contributed by atoms with Crippen LogP contribution in [0.3, 0.4) is 0 Å². The molecule has 1 fully saturated rings. The summed E-state index contributed by atoms with van der Waals surface area (Å²) in [4.78, 5) is 13.9. The number of morpholine rings is 1. The zero-order valence-corrected chi connectivity index (χ0v) is 13.2. The maximum absolute atomic E-state index is 14.1. The third kappa shape index (κ3) is 3.16. The minimum atomic E-state index is -0.535. The fourth-order valence-corrected chi connectivity index (χ4v) is 2.62. The molecule has 1 N–H and O–H groups in total. The zero-order chi connectivity index (χ0) is 16.4. The lowest BCUT2D eigenvalue weighted by molar-refractivity contribution is 0.0564.